The molecule has 2 saturated heterocycles. The van der Waals surface area contributed by atoms with E-state index in [4.69, 9.17) is 29.8 Å². The molecule has 2 amide bonds. The molecule has 0 spiro atoms. The maximum atomic E-state index is 13.0. The van der Waals surface area contributed by atoms with Crippen LogP contribution in [0.4, 0.5) is 23.4 Å². The number of benzene rings is 1. The zero-order valence-corrected chi connectivity index (χ0v) is 27.0. The molecular weight excluding hydrogens is 730 g/mol. The average molecular weight is 755 g/mol. The Balaban J connectivity index is 0.000000698. The Kier molecular flexibility index (Phi) is 11.1. The molecule has 4 heterocycles. The second-order valence-corrected chi connectivity index (χ2v) is 13.2. The highest BCUT2D eigenvalue weighted by Gasteiger charge is 2.51. The van der Waals surface area contributed by atoms with E-state index >= 15 is 0 Å². The number of thiazole rings is 2. The Morgan fingerprint density at radius 2 is 1.92 bits per heavy atom. The summed E-state index contributed by atoms with van der Waals surface area (Å²) < 4.78 is 70.3. The molecule has 0 saturated carbocycles. The summed E-state index contributed by atoms with van der Waals surface area (Å²) in [4.78, 5) is 59.6. The summed E-state index contributed by atoms with van der Waals surface area (Å²) in [6, 6.07) is 2.97. The second-order valence-electron chi connectivity index (χ2n) is 10.0. The van der Waals surface area contributed by atoms with Crippen molar-refractivity contribution in [2.45, 2.75) is 37.3 Å². The van der Waals surface area contributed by atoms with Crippen LogP contribution in [0.3, 0.4) is 0 Å². The van der Waals surface area contributed by atoms with E-state index in [0.717, 1.165) is 39.8 Å². The number of carbonyl (C=O) groups is 4. The van der Waals surface area contributed by atoms with Crippen LogP contribution in [-0.2, 0) is 34.3 Å². The van der Waals surface area contributed by atoms with E-state index in [9.17, 15) is 41.1 Å². The van der Waals surface area contributed by atoms with Crippen molar-refractivity contribution in [1.82, 2.24) is 24.9 Å². The number of β-lactam (4-membered cyclic amide) rings is 1. The molecule has 2 aliphatic rings. The van der Waals surface area contributed by atoms with Crippen molar-refractivity contribution in [3.05, 3.63) is 29.3 Å². The summed E-state index contributed by atoms with van der Waals surface area (Å²) >= 11 is 2.39. The van der Waals surface area contributed by atoms with E-state index in [1.54, 1.807) is 18.2 Å². The molecule has 2 aromatic heterocycles. The standard InChI is InChI=1S/C22H24N8O9S3.C2HF3O2/c1-9-16(19(32)30(9)42(35,36)37)28-18(31)17(13-8-40-21(23)26-13)29-39-14(20(33)34)7-38-11-2-3-12-15(4-11)41-22(27-12)25-10-5-24-6-10;3-2(4,5)1(6)7/h2-4,8-10,14,16,24H,5-7H2,1H3,(H2,23,26)(H,25,27)(H,28,31)(H,33,34)(H,35,36,37);(H,6,7)/t9-,14?,16-;/m0./s1. The van der Waals surface area contributed by atoms with Crippen molar-refractivity contribution in [2.75, 3.05) is 30.7 Å². The number of oxime groups is 1. The quantitative estimate of drug-likeness (QED) is 0.0560. The van der Waals surface area contributed by atoms with Gasteiger partial charge in [0.15, 0.2) is 16.0 Å². The maximum Gasteiger partial charge on any atom is 0.490 e. The first kappa shape index (κ1) is 37.0. The third kappa shape index (κ3) is 9.19. The van der Waals surface area contributed by atoms with Gasteiger partial charge in [-0.3, -0.25) is 14.1 Å². The molecule has 2 fully saturated rings. The number of carboxylic acid groups (broad SMARTS) is 2. The third-order valence-corrected chi connectivity index (χ3v) is 9.14. The first-order chi connectivity index (χ1) is 22.8. The number of rotatable bonds is 12. The van der Waals surface area contributed by atoms with Crippen LogP contribution in [0, 0.1) is 0 Å². The van der Waals surface area contributed by atoms with E-state index in [-0.39, 0.29) is 15.1 Å². The molecular formula is C24H25F3N8O11S3. The maximum absolute atomic E-state index is 13.0. The van der Waals surface area contributed by atoms with E-state index in [0.29, 0.717) is 11.8 Å². The lowest BCUT2D eigenvalue weighted by molar-refractivity contribution is -0.192. The average Bonchev–Trinajstić information content (AvgIpc) is 3.59. The molecule has 19 nitrogen and oxygen atoms in total. The molecule has 266 valence electrons. The summed E-state index contributed by atoms with van der Waals surface area (Å²) in [5.41, 5.74) is 5.80. The number of fused-ring (bicyclic) bond motifs is 1. The summed E-state index contributed by atoms with van der Waals surface area (Å²) in [7, 11) is -4.81. The molecule has 25 heteroatoms. The number of carbonyl (C=O) groups excluding carboxylic acids is 2. The Morgan fingerprint density at radius 3 is 2.43 bits per heavy atom. The molecule has 8 N–H and O–H groups in total. The van der Waals surface area contributed by atoms with Gasteiger partial charge in [-0.1, -0.05) is 16.5 Å². The molecule has 49 heavy (non-hydrogen) atoms. The predicted octanol–water partition coefficient (Wildman–Crippen LogP) is 0.123. The summed E-state index contributed by atoms with van der Waals surface area (Å²) in [5.74, 6) is -5.94. The van der Waals surface area contributed by atoms with Crippen LogP contribution in [0.1, 0.15) is 12.6 Å². The molecule has 0 bridgehead atoms. The van der Waals surface area contributed by atoms with Gasteiger partial charge in [0.2, 0.25) is 0 Å². The number of aliphatic carboxylic acids is 2. The number of anilines is 2. The number of aromatic nitrogens is 2. The zero-order chi connectivity index (χ0) is 36.3. The zero-order valence-electron chi connectivity index (χ0n) is 24.6. The molecule has 3 aromatic rings. The van der Waals surface area contributed by atoms with Gasteiger partial charge in [0.25, 0.3) is 17.9 Å². The fraction of sp³-hybridized carbons (Fsp3) is 0.375. The summed E-state index contributed by atoms with van der Waals surface area (Å²) in [6.07, 6.45) is -6.75. The van der Waals surface area contributed by atoms with Crippen molar-refractivity contribution < 1.29 is 65.1 Å². The highest BCUT2D eigenvalue weighted by atomic mass is 32.2. The number of nitrogens with two attached hydrogens (primary N) is 1. The monoisotopic (exact) mass is 754 g/mol. The lowest BCUT2D eigenvalue weighted by Gasteiger charge is -2.42. The fourth-order valence-corrected chi connectivity index (χ4v) is 6.37. The summed E-state index contributed by atoms with van der Waals surface area (Å²) in [5, 5.41) is 31.4. The number of amides is 2. The fourth-order valence-electron chi connectivity index (χ4n) is 3.97. The van der Waals surface area contributed by atoms with Gasteiger partial charge in [0, 0.05) is 18.5 Å². The highest BCUT2D eigenvalue weighted by Crippen LogP contribution is 2.30. The Morgan fingerprint density at radius 1 is 1.24 bits per heavy atom. The van der Waals surface area contributed by atoms with Crippen LogP contribution < -0.4 is 26.4 Å². The molecule has 0 aliphatic carbocycles. The van der Waals surface area contributed by atoms with Crippen LogP contribution in [0.15, 0.2) is 28.7 Å². The lowest BCUT2D eigenvalue weighted by atomic mass is 10.0. The van der Waals surface area contributed by atoms with Crippen LogP contribution >= 0.6 is 22.7 Å². The van der Waals surface area contributed by atoms with Crippen molar-refractivity contribution in [2.24, 2.45) is 5.16 Å². The van der Waals surface area contributed by atoms with Gasteiger partial charge in [0.05, 0.1) is 22.3 Å². The molecule has 1 aromatic carbocycles. The number of nitrogen functional groups attached to an aromatic ring is 1. The predicted molar refractivity (Wildman–Crippen MR) is 164 cm³/mol. The Bertz CT molecular complexity index is 1880. The van der Waals surface area contributed by atoms with E-state index < -0.39 is 70.7 Å². The number of alkyl halides is 3. The SMILES string of the molecule is C[C@H]1[C@H](NC(=O)C(=NOC(COc2ccc3nc(NC4CNC4)sc3c2)C(=O)O)c2csc(N)n2)C(=O)N1S(=O)(=O)O.O=C(O)C(F)(F)F. The number of carboxylic acids is 2. The number of halogens is 3. The van der Waals surface area contributed by atoms with E-state index in [2.05, 4.69) is 31.1 Å². The van der Waals surface area contributed by atoms with Crippen LogP contribution in [0.2, 0.25) is 0 Å². The van der Waals surface area contributed by atoms with Gasteiger partial charge in [0.1, 0.15) is 24.1 Å². The summed E-state index contributed by atoms with van der Waals surface area (Å²) in [6.45, 7) is 2.51. The molecule has 3 atom stereocenters. The van der Waals surface area contributed by atoms with Gasteiger partial charge < -0.3 is 41.5 Å². The van der Waals surface area contributed by atoms with Crippen molar-refractivity contribution >= 4 is 82.9 Å². The first-order valence-corrected chi connectivity index (χ1v) is 16.5. The first-order valence-electron chi connectivity index (χ1n) is 13.5. The van der Waals surface area contributed by atoms with Gasteiger partial charge in [-0.15, -0.1) is 11.3 Å². The Hall–Kier alpha value is -4.85. The van der Waals surface area contributed by atoms with Crippen molar-refractivity contribution in [3.8, 4) is 5.75 Å². The minimum Gasteiger partial charge on any atom is -0.489 e. The van der Waals surface area contributed by atoms with Crippen LogP contribution in [0.5, 0.6) is 5.75 Å². The normalized spacial score (nSPS) is 18.8. The van der Waals surface area contributed by atoms with Crippen molar-refractivity contribution in [1.29, 1.82) is 0 Å². The number of hydrogen-bond donors (Lipinski definition) is 7. The van der Waals surface area contributed by atoms with Gasteiger partial charge in [-0.25, -0.2) is 23.9 Å². The largest absolute Gasteiger partial charge is 0.490 e. The number of nitrogens with one attached hydrogen (secondary N) is 3. The van der Waals surface area contributed by atoms with Crippen LogP contribution in [-0.4, -0.2) is 117 Å². The van der Waals surface area contributed by atoms with E-state index in [1.165, 1.54) is 23.6 Å². The minimum atomic E-state index is -5.08. The highest BCUT2D eigenvalue weighted by molar-refractivity contribution is 7.84. The van der Waals surface area contributed by atoms with Gasteiger partial charge >= 0.3 is 28.4 Å². The lowest BCUT2D eigenvalue weighted by Crippen LogP contribution is -2.71. The minimum absolute atomic E-state index is 0.0652. The third-order valence-electron chi connectivity index (χ3n) is 6.51. The second kappa shape index (κ2) is 14.7. The van der Waals surface area contributed by atoms with Crippen LogP contribution in [0.25, 0.3) is 10.2 Å². The Labute approximate surface area is 280 Å². The number of ether oxygens (including phenoxy) is 1. The van der Waals surface area contributed by atoms with Gasteiger partial charge in [-0.2, -0.15) is 21.6 Å². The van der Waals surface area contributed by atoms with Crippen molar-refractivity contribution in [3.63, 3.8) is 0 Å². The molecule has 0 radical (unpaired) electrons. The molecule has 5 rings (SSSR count). The van der Waals surface area contributed by atoms with Gasteiger partial charge in [-0.05, 0) is 25.1 Å². The molecule has 2 aliphatic heterocycles. The number of nitrogens with zero attached hydrogens (tertiary/aromatic N) is 4. The topological polar surface area (TPSA) is 285 Å². The smallest absolute Gasteiger partial charge is 0.489 e. The molecule has 1 unspecified atom stereocenters. The van der Waals surface area contributed by atoms with E-state index in [1.807, 2.05) is 0 Å². The number of hydrogen-bond acceptors (Lipinski definition) is 16.